The molecule has 0 bridgehead atoms. The Hall–Kier alpha value is -2.20. The Labute approximate surface area is 179 Å². The summed E-state index contributed by atoms with van der Waals surface area (Å²) in [7, 11) is -3.76. The molecule has 3 aromatic rings. The molecule has 0 unspecified atom stereocenters. The molecule has 0 fully saturated rings. The molecule has 154 valence electrons. The molecule has 1 aromatic carbocycles. The van der Waals surface area contributed by atoms with Crippen molar-refractivity contribution in [2.75, 3.05) is 18.4 Å². The number of nitrogens with zero attached hydrogens (tertiary/aromatic N) is 4. The van der Waals surface area contributed by atoms with E-state index < -0.39 is 10.0 Å². The third kappa shape index (κ3) is 4.87. The summed E-state index contributed by atoms with van der Waals surface area (Å²) in [6.07, 6.45) is 3.13. The molecule has 0 saturated carbocycles. The smallest absolute Gasteiger partial charge is 0.242 e. The number of hydrogen-bond donors (Lipinski definition) is 2. The number of hydrogen-bond acceptors (Lipinski definition) is 6. The quantitative estimate of drug-likeness (QED) is 0.531. The van der Waals surface area contributed by atoms with Crippen LogP contribution in [-0.2, 0) is 10.0 Å². The van der Waals surface area contributed by atoms with E-state index in [9.17, 15) is 8.42 Å². The van der Waals surface area contributed by atoms with E-state index in [0.29, 0.717) is 28.8 Å². The summed E-state index contributed by atoms with van der Waals surface area (Å²) in [5, 5.41) is 3.57. The Bertz CT molecular complexity index is 1150. The van der Waals surface area contributed by atoms with E-state index in [0.717, 1.165) is 11.4 Å². The van der Waals surface area contributed by atoms with Crippen LogP contribution in [0.15, 0.2) is 35.7 Å². The lowest BCUT2D eigenvalue weighted by Crippen LogP contribution is -2.29. The zero-order chi connectivity index (χ0) is 21.2. The molecular weight excluding hydrogens is 435 g/mol. The highest BCUT2D eigenvalue weighted by Crippen LogP contribution is 2.28. The van der Waals surface area contributed by atoms with Gasteiger partial charge < -0.3 is 5.32 Å². The number of imidazole rings is 1. The maximum Gasteiger partial charge on any atom is 0.242 e. The molecule has 0 atom stereocenters. The molecule has 3 rings (SSSR count). The van der Waals surface area contributed by atoms with Gasteiger partial charge in [0.1, 0.15) is 29.2 Å². The Balaban J connectivity index is 1.63. The van der Waals surface area contributed by atoms with E-state index in [-0.39, 0.29) is 16.5 Å². The lowest BCUT2D eigenvalue weighted by Gasteiger charge is -2.11. The fourth-order valence-corrected chi connectivity index (χ4v) is 4.46. The van der Waals surface area contributed by atoms with Crippen LogP contribution in [0.4, 0.5) is 5.82 Å². The average Bonchev–Trinajstić information content (AvgIpc) is 3.01. The van der Waals surface area contributed by atoms with Gasteiger partial charge in [-0.1, -0.05) is 23.2 Å². The molecule has 2 aromatic heterocycles. The van der Waals surface area contributed by atoms with Gasteiger partial charge >= 0.3 is 0 Å². The monoisotopic (exact) mass is 454 g/mol. The van der Waals surface area contributed by atoms with E-state index in [2.05, 4.69) is 25.0 Å². The van der Waals surface area contributed by atoms with E-state index in [1.807, 2.05) is 18.4 Å². The number of halogens is 2. The predicted molar refractivity (Wildman–Crippen MR) is 114 cm³/mol. The molecule has 0 saturated heterocycles. The third-order valence-electron chi connectivity index (χ3n) is 4.38. The highest BCUT2D eigenvalue weighted by molar-refractivity contribution is 7.89. The Morgan fingerprint density at radius 2 is 1.76 bits per heavy atom. The summed E-state index contributed by atoms with van der Waals surface area (Å²) in [5.74, 6) is 1.24. The second kappa shape index (κ2) is 8.66. The van der Waals surface area contributed by atoms with Crippen molar-refractivity contribution in [3.05, 3.63) is 57.9 Å². The minimum atomic E-state index is -3.76. The Kier molecular flexibility index (Phi) is 6.42. The first-order valence-corrected chi connectivity index (χ1v) is 10.9. The average molecular weight is 455 g/mol. The van der Waals surface area contributed by atoms with Crippen molar-refractivity contribution in [1.82, 2.24) is 24.2 Å². The summed E-state index contributed by atoms with van der Waals surface area (Å²) in [6.45, 7) is 6.06. The lowest BCUT2D eigenvalue weighted by atomic mass is 10.2. The minimum absolute atomic E-state index is 0.00339. The van der Waals surface area contributed by atoms with Gasteiger partial charge in [0.25, 0.3) is 0 Å². The largest absolute Gasteiger partial charge is 0.369 e. The number of sulfonamides is 1. The second-order valence-electron chi connectivity index (χ2n) is 6.40. The number of aryl methyl sites for hydroxylation is 2. The lowest BCUT2D eigenvalue weighted by molar-refractivity contribution is 0.583. The van der Waals surface area contributed by atoms with Crippen molar-refractivity contribution >= 4 is 39.0 Å². The molecule has 29 heavy (non-hydrogen) atoms. The Morgan fingerprint density at radius 1 is 1.00 bits per heavy atom. The summed E-state index contributed by atoms with van der Waals surface area (Å²) < 4.78 is 29.4. The first-order chi connectivity index (χ1) is 13.7. The molecule has 8 nitrogen and oxygen atoms in total. The molecule has 0 aliphatic heterocycles. The molecule has 0 amide bonds. The van der Waals surface area contributed by atoms with Crippen LogP contribution in [0.3, 0.4) is 0 Å². The minimum Gasteiger partial charge on any atom is -0.369 e. The van der Waals surface area contributed by atoms with Gasteiger partial charge in [-0.25, -0.2) is 28.1 Å². The highest BCUT2D eigenvalue weighted by atomic mass is 35.5. The SMILES string of the molecule is Cc1cc(S(=O)(=O)NCCNc2cc(-n3cnc(C)c3C)ncn2)c(Cl)cc1Cl. The number of rotatable bonds is 7. The summed E-state index contributed by atoms with van der Waals surface area (Å²) in [4.78, 5) is 12.7. The van der Waals surface area contributed by atoms with Gasteiger partial charge in [-0.15, -0.1) is 0 Å². The molecule has 0 aliphatic rings. The van der Waals surface area contributed by atoms with Crippen LogP contribution < -0.4 is 10.0 Å². The molecule has 2 heterocycles. The van der Waals surface area contributed by atoms with Crippen LogP contribution in [0, 0.1) is 20.8 Å². The molecule has 0 aliphatic carbocycles. The third-order valence-corrected chi connectivity index (χ3v) is 6.71. The van der Waals surface area contributed by atoms with Crippen molar-refractivity contribution in [2.45, 2.75) is 25.7 Å². The van der Waals surface area contributed by atoms with E-state index in [1.54, 1.807) is 19.3 Å². The van der Waals surface area contributed by atoms with Gasteiger partial charge in [0.2, 0.25) is 10.0 Å². The van der Waals surface area contributed by atoms with Gasteiger partial charge in [-0.3, -0.25) is 4.57 Å². The maximum atomic E-state index is 12.5. The van der Waals surface area contributed by atoms with Crippen LogP contribution in [-0.4, -0.2) is 41.0 Å². The zero-order valence-electron chi connectivity index (χ0n) is 16.1. The molecular formula is C18H20Cl2N6O2S. The topological polar surface area (TPSA) is 102 Å². The van der Waals surface area contributed by atoms with E-state index in [1.165, 1.54) is 18.5 Å². The highest BCUT2D eigenvalue weighted by Gasteiger charge is 2.19. The normalized spacial score (nSPS) is 11.6. The van der Waals surface area contributed by atoms with Crippen LogP contribution in [0.25, 0.3) is 5.82 Å². The summed E-state index contributed by atoms with van der Waals surface area (Å²) in [6, 6.07) is 4.64. The predicted octanol–water partition coefficient (Wildman–Crippen LogP) is 3.28. The van der Waals surface area contributed by atoms with Gasteiger partial charge in [0, 0.05) is 29.9 Å². The summed E-state index contributed by atoms with van der Waals surface area (Å²) in [5.41, 5.74) is 2.54. The van der Waals surface area contributed by atoms with Gasteiger partial charge in [0.05, 0.1) is 10.7 Å². The first kappa shape index (κ1) is 21.5. The second-order valence-corrected chi connectivity index (χ2v) is 8.95. The van der Waals surface area contributed by atoms with Crippen molar-refractivity contribution in [3.63, 3.8) is 0 Å². The summed E-state index contributed by atoms with van der Waals surface area (Å²) >= 11 is 12.0. The molecule has 2 N–H and O–H groups in total. The number of nitrogens with one attached hydrogen (secondary N) is 2. The van der Waals surface area contributed by atoms with E-state index >= 15 is 0 Å². The van der Waals surface area contributed by atoms with Crippen LogP contribution in [0.2, 0.25) is 10.0 Å². The zero-order valence-corrected chi connectivity index (χ0v) is 18.4. The molecule has 0 radical (unpaired) electrons. The van der Waals surface area contributed by atoms with Gasteiger partial charge in [0.15, 0.2) is 0 Å². The van der Waals surface area contributed by atoms with Gasteiger partial charge in [-0.05, 0) is 38.5 Å². The molecule has 11 heteroatoms. The van der Waals surface area contributed by atoms with E-state index in [4.69, 9.17) is 23.2 Å². The van der Waals surface area contributed by atoms with Crippen LogP contribution >= 0.6 is 23.2 Å². The fraction of sp³-hybridized carbons (Fsp3) is 0.278. The molecule has 0 spiro atoms. The Morgan fingerprint density at radius 3 is 2.45 bits per heavy atom. The fourth-order valence-electron chi connectivity index (χ4n) is 2.60. The van der Waals surface area contributed by atoms with Crippen LogP contribution in [0.1, 0.15) is 17.0 Å². The van der Waals surface area contributed by atoms with Crippen molar-refractivity contribution in [2.24, 2.45) is 0 Å². The van der Waals surface area contributed by atoms with Crippen molar-refractivity contribution in [1.29, 1.82) is 0 Å². The maximum absolute atomic E-state index is 12.5. The first-order valence-electron chi connectivity index (χ1n) is 8.71. The van der Waals surface area contributed by atoms with Crippen molar-refractivity contribution in [3.8, 4) is 5.82 Å². The van der Waals surface area contributed by atoms with Gasteiger partial charge in [-0.2, -0.15) is 0 Å². The standard InChI is InChI=1S/C18H20Cl2N6O2S/c1-11-6-16(15(20)7-14(11)19)29(27,28)25-5-4-21-17-8-18(23-9-22-17)26-10-24-12(2)13(26)3/h6-10,25H,4-5H2,1-3H3,(H,21,22,23). The number of anilines is 1. The number of aromatic nitrogens is 4. The van der Waals surface area contributed by atoms with Crippen molar-refractivity contribution < 1.29 is 8.42 Å². The van der Waals surface area contributed by atoms with Crippen LogP contribution in [0.5, 0.6) is 0 Å². The number of benzene rings is 1.